The van der Waals surface area contributed by atoms with Crippen molar-refractivity contribution in [3.8, 4) is 16.9 Å². The zero-order chi connectivity index (χ0) is 24.5. The Morgan fingerprint density at radius 3 is 2.32 bits per heavy atom. The summed E-state index contributed by atoms with van der Waals surface area (Å²) < 4.78 is 52.4. The van der Waals surface area contributed by atoms with Gasteiger partial charge in [0.25, 0.3) is 0 Å². The van der Waals surface area contributed by atoms with Crippen molar-refractivity contribution in [3.05, 3.63) is 82.6 Å². The number of carbonyl (C=O) groups is 1. The van der Waals surface area contributed by atoms with Gasteiger partial charge < -0.3 is 9.47 Å². The number of methoxy groups -OCH3 is 1. The van der Waals surface area contributed by atoms with E-state index in [9.17, 15) is 17.6 Å². The van der Waals surface area contributed by atoms with Gasteiger partial charge >= 0.3 is 5.97 Å². The molecule has 34 heavy (non-hydrogen) atoms. The molecule has 3 aromatic carbocycles. The Bertz CT molecular complexity index is 1320. The summed E-state index contributed by atoms with van der Waals surface area (Å²) in [6.07, 6.45) is -0.701. The smallest absolute Gasteiger partial charge is 0.324 e. The molecule has 0 aromatic heterocycles. The predicted octanol–water partition coefficient (Wildman–Crippen LogP) is 5.18. The number of nitrogens with zero attached hydrogens (tertiary/aromatic N) is 1. The van der Waals surface area contributed by atoms with Gasteiger partial charge in [0.2, 0.25) is 10.0 Å². The lowest BCUT2D eigenvalue weighted by Gasteiger charge is -2.22. The minimum Gasteiger partial charge on any atom is -0.486 e. The maximum atomic E-state index is 14.0. The average molecular weight is 524 g/mol. The van der Waals surface area contributed by atoms with Crippen molar-refractivity contribution in [2.24, 2.45) is 0 Å². The Balaban J connectivity index is 1.60. The summed E-state index contributed by atoms with van der Waals surface area (Å²) in [6, 6.07) is 16.0. The highest BCUT2D eigenvalue weighted by Gasteiger charge is 2.45. The van der Waals surface area contributed by atoms with E-state index in [1.54, 1.807) is 36.4 Å². The number of para-hydroxylation sites is 1. The van der Waals surface area contributed by atoms with Gasteiger partial charge in [-0.25, -0.2) is 12.8 Å². The lowest BCUT2D eigenvalue weighted by atomic mass is 10.1. The largest absolute Gasteiger partial charge is 0.486 e. The highest BCUT2D eigenvalue weighted by Crippen LogP contribution is 2.32. The molecule has 0 amide bonds. The van der Waals surface area contributed by atoms with Crippen molar-refractivity contribution in [1.29, 1.82) is 0 Å². The zero-order valence-corrected chi connectivity index (χ0v) is 20.3. The first-order valence-electron chi connectivity index (χ1n) is 10.3. The summed E-state index contributed by atoms with van der Waals surface area (Å²) >= 11 is 12.0. The highest BCUT2D eigenvalue weighted by molar-refractivity contribution is 7.89. The Labute approximate surface area is 206 Å². The van der Waals surface area contributed by atoms with Crippen LogP contribution in [0.25, 0.3) is 11.1 Å². The molecule has 0 aliphatic carbocycles. The molecular formula is C24H20Cl2FNO5S. The molecule has 178 valence electrons. The fourth-order valence-electron chi connectivity index (χ4n) is 3.82. The van der Waals surface area contributed by atoms with Crippen LogP contribution in [0.3, 0.4) is 0 Å². The molecule has 0 N–H and O–H groups in total. The highest BCUT2D eigenvalue weighted by atomic mass is 35.5. The molecule has 2 unspecified atom stereocenters. The molecule has 1 fully saturated rings. The molecular weight excluding hydrogens is 504 g/mol. The van der Waals surface area contributed by atoms with Crippen LogP contribution in [0.2, 0.25) is 10.0 Å². The first-order chi connectivity index (χ1) is 16.2. The van der Waals surface area contributed by atoms with Crippen LogP contribution in [0, 0.1) is 5.82 Å². The number of benzene rings is 3. The van der Waals surface area contributed by atoms with Gasteiger partial charge in [-0.05, 0) is 47.5 Å². The number of ether oxygens (including phenoxy) is 2. The standard InChI is InChI=1S/C24H20Cl2FNO5S/c1-32-24(29)22-13-17(33-23-5-3-2-4-21(23)27)14-28(22)34(30,31)18-9-6-15(7-10-18)16-8-11-19(25)20(26)12-16/h2-12,17,22H,13-14H2,1H3. The van der Waals surface area contributed by atoms with Crippen LogP contribution in [0.15, 0.2) is 71.6 Å². The maximum Gasteiger partial charge on any atom is 0.324 e. The van der Waals surface area contributed by atoms with Crippen molar-refractivity contribution >= 4 is 39.2 Å². The molecule has 4 rings (SSSR count). The summed E-state index contributed by atoms with van der Waals surface area (Å²) in [5, 5.41) is 0.800. The van der Waals surface area contributed by atoms with Gasteiger partial charge in [-0.3, -0.25) is 4.79 Å². The van der Waals surface area contributed by atoms with Crippen LogP contribution in [-0.4, -0.2) is 44.5 Å². The van der Waals surface area contributed by atoms with Gasteiger partial charge in [-0.2, -0.15) is 4.31 Å². The molecule has 1 aliphatic rings. The monoisotopic (exact) mass is 523 g/mol. The summed E-state index contributed by atoms with van der Waals surface area (Å²) in [5.74, 6) is -1.30. The van der Waals surface area contributed by atoms with E-state index >= 15 is 0 Å². The summed E-state index contributed by atoms with van der Waals surface area (Å²) in [4.78, 5) is 12.4. The molecule has 1 aliphatic heterocycles. The van der Waals surface area contributed by atoms with E-state index in [1.165, 1.54) is 37.4 Å². The zero-order valence-electron chi connectivity index (χ0n) is 18.0. The Morgan fingerprint density at radius 2 is 1.68 bits per heavy atom. The molecule has 2 atom stereocenters. The normalized spacial score (nSPS) is 18.6. The third kappa shape index (κ3) is 4.90. The molecule has 1 heterocycles. The summed E-state index contributed by atoms with van der Waals surface area (Å²) in [6.45, 7) is -0.134. The van der Waals surface area contributed by atoms with E-state index in [2.05, 4.69) is 0 Å². The predicted molar refractivity (Wildman–Crippen MR) is 127 cm³/mol. The van der Waals surface area contributed by atoms with Gasteiger partial charge in [0.15, 0.2) is 11.6 Å². The summed E-state index contributed by atoms with van der Waals surface area (Å²) in [7, 11) is -2.90. The Kier molecular flexibility index (Phi) is 7.14. The fraction of sp³-hybridized carbons (Fsp3) is 0.208. The van der Waals surface area contributed by atoms with Gasteiger partial charge in [-0.1, -0.05) is 53.5 Å². The topological polar surface area (TPSA) is 72.9 Å². The van der Waals surface area contributed by atoms with Crippen molar-refractivity contribution in [3.63, 3.8) is 0 Å². The lowest BCUT2D eigenvalue weighted by molar-refractivity contribution is -0.144. The number of hydrogen-bond acceptors (Lipinski definition) is 5. The van der Waals surface area contributed by atoms with E-state index in [1.807, 2.05) is 0 Å². The minimum absolute atomic E-state index is 0.00300. The minimum atomic E-state index is -4.08. The first kappa shape index (κ1) is 24.5. The van der Waals surface area contributed by atoms with Gasteiger partial charge in [0.05, 0.1) is 28.6 Å². The number of sulfonamides is 1. The van der Waals surface area contributed by atoms with Crippen LogP contribution in [0.5, 0.6) is 5.75 Å². The van der Waals surface area contributed by atoms with E-state index < -0.39 is 34.0 Å². The summed E-state index contributed by atoms with van der Waals surface area (Å²) in [5.41, 5.74) is 1.51. The van der Waals surface area contributed by atoms with Crippen molar-refractivity contribution in [2.75, 3.05) is 13.7 Å². The second-order valence-electron chi connectivity index (χ2n) is 7.67. The molecule has 3 aromatic rings. The Hall–Kier alpha value is -2.65. The van der Waals surface area contributed by atoms with Crippen LogP contribution in [0.1, 0.15) is 6.42 Å². The number of carbonyl (C=O) groups excluding carboxylic acids is 1. The first-order valence-corrected chi connectivity index (χ1v) is 12.5. The third-order valence-corrected chi connectivity index (χ3v) is 8.16. The van der Waals surface area contributed by atoms with Gasteiger partial charge in [0, 0.05) is 6.42 Å². The second kappa shape index (κ2) is 9.92. The quantitative estimate of drug-likeness (QED) is 0.416. The number of halogens is 3. The van der Waals surface area contributed by atoms with E-state index in [-0.39, 0.29) is 23.6 Å². The molecule has 0 spiro atoms. The number of esters is 1. The van der Waals surface area contributed by atoms with E-state index in [4.69, 9.17) is 32.7 Å². The molecule has 1 saturated heterocycles. The fourth-order valence-corrected chi connectivity index (χ4v) is 5.74. The van der Waals surface area contributed by atoms with Crippen LogP contribution in [0.4, 0.5) is 4.39 Å². The maximum absolute atomic E-state index is 14.0. The lowest BCUT2D eigenvalue weighted by Crippen LogP contribution is -2.41. The third-order valence-electron chi connectivity index (χ3n) is 5.53. The van der Waals surface area contributed by atoms with Crippen LogP contribution >= 0.6 is 23.2 Å². The molecule has 0 saturated carbocycles. The molecule has 10 heteroatoms. The van der Waals surface area contributed by atoms with Crippen molar-refractivity contribution in [2.45, 2.75) is 23.5 Å². The van der Waals surface area contributed by atoms with Gasteiger partial charge in [-0.15, -0.1) is 0 Å². The molecule has 6 nitrogen and oxygen atoms in total. The van der Waals surface area contributed by atoms with Gasteiger partial charge in [0.1, 0.15) is 12.1 Å². The Morgan fingerprint density at radius 1 is 1.00 bits per heavy atom. The number of rotatable bonds is 6. The van der Waals surface area contributed by atoms with Crippen molar-refractivity contribution in [1.82, 2.24) is 4.31 Å². The van der Waals surface area contributed by atoms with E-state index in [0.29, 0.717) is 10.0 Å². The number of hydrogen-bond donors (Lipinski definition) is 0. The molecule has 0 bridgehead atoms. The van der Waals surface area contributed by atoms with E-state index in [0.717, 1.165) is 15.4 Å². The van der Waals surface area contributed by atoms with Crippen LogP contribution < -0.4 is 4.74 Å². The SMILES string of the molecule is COC(=O)C1CC(Oc2ccccc2F)CN1S(=O)(=O)c1ccc(-c2ccc(Cl)c(Cl)c2)cc1. The second-order valence-corrected chi connectivity index (χ2v) is 10.4. The molecule has 0 radical (unpaired) electrons. The van der Waals surface area contributed by atoms with Crippen LogP contribution in [-0.2, 0) is 19.6 Å². The average Bonchev–Trinajstić information content (AvgIpc) is 3.27. The van der Waals surface area contributed by atoms with Crippen molar-refractivity contribution < 1.29 is 27.1 Å².